The summed E-state index contributed by atoms with van der Waals surface area (Å²) in [5.41, 5.74) is -0.397. The van der Waals surface area contributed by atoms with Crippen molar-refractivity contribution in [2.75, 3.05) is 6.61 Å². The van der Waals surface area contributed by atoms with Gasteiger partial charge in [0.05, 0.1) is 13.2 Å². The van der Waals surface area contributed by atoms with Crippen molar-refractivity contribution < 1.29 is 8.82 Å². The molecular formula is C16H28FN5O2Si. The van der Waals surface area contributed by atoms with E-state index in [-0.39, 0.29) is 18.2 Å². The largest absolute Gasteiger partial charge is 0.414 e. The third kappa shape index (κ3) is 4.27. The van der Waals surface area contributed by atoms with Gasteiger partial charge in [-0.3, -0.25) is 4.68 Å². The summed E-state index contributed by atoms with van der Waals surface area (Å²) in [5, 5.41) is 8.38. The molecule has 9 heteroatoms. The molecule has 0 fully saturated rings. The minimum atomic E-state index is -2.02. The fourth-order valence-electron chi connectivity index (χ4n) is 2.18. The van der Waals surface area contributed by atoms with Gasteiger partial charge in [0.1, 0.15) is 12.0 Å². The van der Waals surface area contributed by atoms with Gasteiger partial charge < -0.3 is 4.43 Å². The Morgan fingerprint density at radius 1 is 1.32 bits per heavy atom. The van der Waals surface area contributed by atoms with Crippen molar-refractivity contribution in [1.29, 1.82) is 0 Å². The van der Waals surface area contributed by atoms with Gasteiger partial charge in [0.25, 0.3) is 0 Å². The Hall–Kier alpha value is -1.74. The summed E-state index contributed by atoms with van der Waals surface area (Å²) in [6, 6.07) is 1.72. The molecule has 0 aliphatic rings. The standard InChI is InChI=1S/C16H28FN5O2Si/c1-12-18-21(15(23)22(12)14-8-9-20(5)19-14)10-13(17)11-24-25(6,7)16(2,3)4/h8-9,13H,10-11H2,1-7H3/t13-/m1/s1. The maximum atomic E-state index is 14.4. The first-order valence-electron chi connectivity index (χ1n) is 8.37. The first-order chi connectivity index (χ1) is 11.4. The Morgan fingerprint density at radius 3 is 2.48 bits per heavy atom. The molecule has 0 N–H and O–H groups in total. The molecule has 0 aliphatic carbocycles. The highest BCUT2D eigenvalue weighted by molar-refractivity contribution is 6.74. The van der Waals surface area contributed by atoms with E-state index in [0.29, 0.717) is 11.6 Å². The molecule has 0 aliphatic heterocycles. The van der Waals surface area contributed by atoms with Gasteiger partial charge in [-0.05, 0) is 25.1 Å². The number of halogens is 1. The fourth-order valence-corrected chi connectivity index (χ4v) is 3.21. The second-order valence-corrected chi connectivity index (χ2v) is 12.7. The van der Waals surface area contributed by atoms with Crippen LogP contribution in [0.25, 0.3) is 5.82 Å². The van der Waals surface area contributed by atoms with E-state index in [0.717, 1.165) is 4.68 Å². The smallest absolute Gasteiger partial charge is 0.351 e. The maximum Gasteiger partial charge on any atom is 0.351 e. The van der Waals surface area contributed by atoms with Crippen LogP contribution in [0.2, 0.25) is 18.1 Å². The summed E-state index contributed by atoms with van der Waals surface area (Å²) in [5.74, 6) is 0.949. The van der Waals surface area contributed by atoms with Gasteiger partial charge >= 0.3 is 5.69 Å². The number of aryl methyl sites for hydroxylation is 2. The molecule has 0 aromatic carbocycles. The second kappa shape index (κ2) is 6.87. The van der Waals surface area contributed by atoms with Crippen LogP contribution in [-0.4, -0.2) is 45.2 Å². The number of hydrogen-bond acceptors (Lipinski definition) is 4. The maximum absolute atomic E-state index is 14.4. The van der Waals surface area contributed by atoms with E-state index in [4.69, 9.17) is 4.43 Å². The summed E-state index contributed by atoms with van der Waals surface area (Å²) < 4.78 is 24.4. The number of aromatic nitrogens is 5. The van der Waals surface area contributed by atoms with Crippen molar-refractivity contribution >= 4 is 8.32 Å². The third-order valence-corrected chi connectivity index (χ3v) is 9.23. The highest BCUT2D eigenvalue weighted by Gasteiger charge is 2.37. The molecule has 0 saturated carbocycles. The summed E-state index contributed by atoms with van der Waals surface area (Å²) in [6.45, 7) is 12.0. The van der Waals surface area contributed by atoms with E-state index < -0.39 is 20.2 Å². The number of nitrogens with zero attached hydrogens (tertiary/aromatic N) is 5. The molecule has 0 unspecified atom stereocenters. The molecule has 0 radical (unpaired) electrons. The summed E-state index contributed by atoms with van der Waals surface area (Å²) in [4.78, 5) is 12.5. The van der Waals surface area contributed by atoms with Gasteiger partial charge in [0.15, 0.2) is 14.1 Å². The minimum absolute atomic E-state index is 0.0146. The lowest BCUT2D eigenvalue weighted by Crippen LogP contribution is -2.43. The highest BCUT2D eigenvalue weighted by Crippen LogP contribution is 2.36. The molecule has 2 aromatic heterocycles. The van der Waals surface area contributed by atoms with Crippen LogP contribution in [0.4, 0.5) is 4.39 Å². The lowest BCUT2D eigenvalue weighted by Gasteiger charge is -2.36. The topological polar surface area (TPSA) is 66.9 Å². The predicted molar refractivity (Wildman–Crippen MR) is 97.4 cm³/mol. The third-order valence-electron chi connectivity index (χ3n) is 4.73. The molecule has 0 saturated heterocycles. The molecular weight excluding hydrogens is 341 g/mol. The highest BCUT2D eigenvalue weighted by atomic mass is 28.4. The number of alkyl halides is 1. The van der Waals surface area contributed by atoms with Crippen molar-refractivity contribution in [3.63, 3.8) is 0 Å². The molecule has 0 bridgehead atoms. The van der Waals surface area contributed by atoms with Gasteiger partial charge in [-0.15, -0.1) is 0 Å². The van der Waals surface area contributed by atoms with Crippen LogP contribution < -0.4 is 5.69 Å². The van der Waals surface area contributed by atoms with Crippen LogP contribution in [0.5, 0.6) is 0 Å². The Bertz CT molecular complexity index is 787. The van der Waals surface area contributed by atoms with Crippen molar-refractivity contribution in [3.8, 4) is 5.82 Å². The lowest BCUT2D eigenvalue weighted by molar-refractivity contribution is 0.161. The van der Waals surface area contributed by atoms with Gasteiger partial charge in [-0.1, -0.05) is 20.8 Å². The molecule has 25 heavy (non-hydrogen) atoms. The molecule has 2 aromatic rings. The van der Waals surface area contributed by atoms with E-state index in [1.165, 1.54) is 4.57 Å². The molecule has 0 amide bonds. The SMILES string of the molecule is Cc1nn(C[C@@H](F)CO[Si](C)(C)C(C)(C)C)c(=O)n1-c1ccn(C)n1. The average molecular weight is 370 g/mol. The Labute approximate surface area is 148 Å². The molecule has 0 spiro atoms. The van der Waals surface area contributed by atoms with Crippen LogP contribution in [0.15, 0.2) is 17.1 Å². The zero-order valence-electron chi connectivity index (χ0n) is 16.1. The van der Waals surface area contributed by atoms with Crippen LogP contribution >= 0.6 is 0 Å². The van der Waals surface area contributed by atoms with Crippen LogP contribution in [-0.2, 0) is 18.0 Å². The van der Waals surface area contributed by atoms with Crippen molar-refractivity contribution in [1.82, 2.24) is 24.1 Å². The van der Waals surface area contributed by atoms with Gasteiger partial charge in [0.2, 0.25) is 0 Å². The van der Waals surface area contributed by atoms with Crippen molar-refractivity contribution in [2.24, 2.45) is 7.05 Å². The Kier molecular flexibility index (Phi) is 5.38. The summed E-state index contributed by atoms with van der Waals surface area (Å²) in [6.07, 6.45) is 0.446. The zero-order chi connectivity index (χ0) is 19.0. The first kappa shape index (κ1) is 19.6. The molecule has 140 valence electrons. The quantitative estimate of drug-likeness (QED) is 0.734. The molecule has 2 heterocycles. The van der Waals surface area contributed by atoms with E-state index in [2.05, 4.69) is 44.1 Å². The van der Waals surface area contributed by atoms with Crippen LogP contribution in [0, 0.1) is 6.92 Å². The second-order valence-electron chi connectivity index (χ2n) is 7.86. The molecule has 1 atom stereocenters. The fraction of sp³-hybridized carbons (Fsp3) is 0.688. The lowest BCUT2D eigenvalue weighted by atomic mass is 10.2. The first-order valence-corrected chi connectivity index (χ1v) is 11.3. The van der Waals surface area contributed by atoms with Crippen LogP contribution in [0.3, 0.4) is 0 Å². The predicted octanol–water partition coefficient (Wildman–Crippen LogP) is 2.44. The summed E-state index contributed by atoms with van der Waals surface area (Å²) in [7, 11) is -0.252. The van der Waals surface area contributed by atoms with E-state index in [9.17, 15) is 9.18 Å². The Morgan fingerprint density at radius 2 is 1.96 bits per heavy atom. The van der Waals surface area contributed by atoms with Gasteiger partial charge in [-0.25, -0.2) is 18.4 Å². The summed E-state index contributed by atoms with van der Waals surface area (Å²) >= 11 is 0. The number of hydrogen-bond donors (Lipinski definition) is 0. The number of rotatable bonds is 6. The normalized spacial score (nSPS) is 14.1. The van der Waals surface area contributed by atoms with Crippen LogP contribution in [0.1, 0.15) is 26.6 Å². The van der Waals surface area contributed by atoms with Gasteiger partial charge in [-0.2, -0.15) is 10.2 Å². The van der Waals surface area contributed by atoms with Crippen molar-refractivity contribution in [2.45, 2.75) is 58.5 Å². The molecule has 2 rings (SSSR count). The molecule has 7 nitrogen and oxygen atoms in total. The Balaban J connectivity index is 2.10. The average Bonchev–Trinajstić information content (AvgIpc) is 3.00. The monoisotopic (exact) mass is 369 g/mol. The minimum Gasteiger partial charge on any atom is -0.414 e. The van der Waals surface area contributed by atoms with Gasteiger partial charge in [0, 0.05) is 19.3 Å². The van der Waals surface area contributed by atoms with E-state index in [1.807, 2.05) is 0 Å². The van der Waals surface area contributed by atoms with E-state index in [1.54, 1.807) is 30.9 Å². The van der Waals surface area contributed by atoms with E-state index >= 15 is 0 Å². The zero-order valence-corrected chi connectivity index (χ0v) is 17.1. The van der Waals surface area contributed by atoms with Crippen molar-refractivity contribution in [3.05, 3.63) is 28.6 Å².